The predicted octanol–water partition coefficient (Wildman–Crippen LogP) is 1.63. The van der Waals surface area contributed by atoms with Crippen molar-refractivity contribution in [2.75, 3.05) is 0 Å². The lowest BCUT2D eigenvalue weighted by Crippen LogP contribution is -2.23. The van der Waals surface area contributed by atoms with Gasteiger partial charge in [-0.3, -0.25) is 9.78 Å². The summed E-state index contributed by atoms with van der Waals surface area (Å²) < 4.78 is 0. The van der Waals surface area contributed by atoms with Crippen LogP contribution in [-0.4, -0.2) is 15.9 Å². The number of nitrogens with one attached hydrogen (secondary N) is 2. The Bertz CT molecular complexity index is 609. The topological polar surface area (TPSA) is 81.6 Å². The van der Waals surface area contributed by atoms with E-state index >= 15 is 0 Å². The molecule has 2 aromatic rings. The van der Waals surface area contributed by atoms with Crippen molar-refractivity contribution in [2.24, 2.45) is 0 Å². The van der Waals surface area contributed by atoms with Crippen LogP contribution in [0.1, 0.15) is 11.3 Å². The van der Waals surface area contributed by atoms with Crippen LogP contribution in [0.2, 0.25) is 0 Å². The van der Waals surface area contributed by atoms with Gasteiger partial charge >= 0.3 is 0 Å². The molecule has 0 bridgehead atoms. The van der Waals surface area contributed by atoms with Crippen molar-refractivity contribution in [3.8, 4) is 6.07 Å². The molecule has 0 unspecified atom stereocenters. The number of pyridine rings is 1. The molecule has 0 aliphatic rings. The van der Waals surface area contributed by atoms with Crippen molar-refractivity contribution in [1.29, 1.82) is 5.26 Å². The van der Waals surface area contributed by atoms with E-state index in [1.54, 1.807) is 42.9 Å². The zero-order chi connectivity index (χ0) is 13.5. The number of hydrogen-bond acceptors (Lipinski definition) is 3. The maximum absolute atomic E-state index is 11.8. The van der Waals surface area contributed by atoms with E-state index in [9.17, 15) is 4.79 Å². The van der Waals surface area contributed by atoms with Gasteiger partial charge in [0, 0.05) is 30.8 Å². The largest absolute Gasteiger partial charge is 0.362 e. The minimum Gasteiger partial charge on any atom is -0.362 e. The molecule has 0 aliphatic carbocycles. The second-order valence-electron chi connectivity index (χ2n) is 3.83. The summed E-state index contributed by atoms with van der Waals surface area (Å²) in [4.78, 5) is 18.7. The molecule has 94 valence electrons. The van der Waals surface area contributed by atoms with Crippen molar-refractivity contribution < 1.29 is 4.79 Å². The third-order valence-corrected chi connectivity index (χ3v) is 2.49. The molecule has 0 aromatic carbocycles. The van der Waals surface area contributed by atoms with Crippen LogP contribution in [0, 0.1) is 11.3 Å². The molecule has 5 heteroatoms. The van der Waals surface area contributed by atoms with Crippen molar-refractivity contribution in [2.45, 2.75) is 6.54 Å². The van der Waals surface area contributed by atoms with Gasteiger partial charge in [-0.05, 0) is 35.9 Å². The number of nitrogens with zero attached hydrogens (tertiary/aromatic N) is 2. The highest BCUT2D eigenvalue weighted by molar-refractivity contribution is 6.01. The maximum atomic E-state index is 11.8. The Morgan fingerprint density at radius 1 is 1.42 bits per heavy atom. The van der Waals surface area contributed by atoms with Gasteiger partial charge < -0.3 is 10.3 Å². The molecule has 0 aliphatic heterocycles. The lowest BCUT2D eigenvalue weighted by molar-refractivity contribution is -0.117. The summed E-state index contributed by atoms with van der Waals surface area (Å²) in [6.07, 6.45) is 6.56. The Hall–Kier alpha value is -2.87. The van der Waals surface area contributed by atoms with Gasteiger partial charge in [0.25, 0.3) is 5.91 Å². The summed E-state index contributed by atoms with van der Waals surface area (Å²) in [5.74, 6) is -0.395. The Morgan fingerprint density at radius 2 is 2.21 bits per heavy atom. The fourth-order valence-electron chi connectivity index (χ4n) is 1.52. The summed E-state index contributed by atoms with van der Waals surface area (Å²) in [5.41, 5.74) is 1.72. The molecule has 0 radical (unpaired) electrons. The van der Waals surface area contributed by atoms with E-state index in [2.05, 4.69) is 15.3 Å². The van der Waals surface area contributed by atoms with Crippen molar-refractivity contribution in [3.63, 3.8) is 0 Å². The smallest absolute Gasteiger partial charge is 0.262 e. The van der Waals surface area contributed by atoms with Crippen LogP contribution < -0.4 is 5.32 Å². The van der Waals surface area contributed by atoms with Crippen LogP contribution >= 0.6 is 0 Å². The summed E-state index contributed by atoms with van der Waals surface area (Å²) in [7, 11) is 0. The van der Waals surface area contributed by atoms with E-state index in [-0.39, 0.29) is 5.57 Å². The summed E-state index contributed by atoms with van der Waals surface area (Å²) >= 11 is 0. The number of amides is 1. The van der Waals surface area contributed by atoms with Crippen LogP contribution in [-0.2, 0) is 11.3 Å². The Labute approximate surface area is 110 Å². The Balaban J connectivity index is 2.01. The Kier molecular flexibility index (Phi) is 4.09. The zero-order valence-electron chi connectivity index (χ0n) is 10.1. The van der Waals surface area contributed by atoms with E-state index in [0.717, 1.165) is 11.3 Å². The second-order valence-corrected chi connectivity index (χ2v) is 3.83. The highest BCUT2D eigenvalue weighted by Gasteiger charge is 2.08. The number of rotatable bonds is 4. The first kappa shape index (κ1) is 12.6. The molecular formula is C14H12N4O. The van der Waals surface area contributed by atoms with E-state index < -0.39 is 5.91 Å². The van der Waals surface area contributed by atoms with Crippen LogP contribution in [0.3, 0.4) is 0 Å². The number of carbonyl (C=O) groups is 1. The predicted molar refractivity (Wildman–Crippen MR) is 70.5 cm³/mol. The van der Waals surface area contributed by atoms with Gasteiger partial charge in [0.1, 0.15) is 11.6 Å². The summed E-state index contributed by atoms with van der Waals surface area (Å²) in [5, 5.41) is 11.7. The van der Waals surface area contributed by atoms with Gasteiger partial charge in [-0.2, -0.15) is 5.26 Å². The Morgan fingerprint density at radius 3 is 2.84 bits per heavy atom. The first-order chi connectivity index (χ1) is 9.29. The van der Waals surface area contributed by atoms with Gasteiger partial charge in [-0.25, -0.2) is 0 Å². The third kappa shape index (κ3) is 3.54. The molecule has 0 spiro atoms. The average molecular weight is 252 g/mol. The van der Waals surface area contributed by atoms with Gasteiger partial charge in [0.2, 0.25) is 0 Å². The third-order valence-electron chi connectivity index (χ3n) is 2.49. The molecule has 0 fully saturated rings. The quantitative estimate of drug-likeness (QED) is 0.641. The molecule has 19 heavy (non-hydrogen) atoms. The molecule has 1 amide bonds. The monoisotopic (exact) mass is 252 g/mol. The van der Waals surface area contributed by atoms with Crippen LogP contribution in [0.5, 0.6) is 0 Å². The van der Waals surface area contributed by atoms with Crippen molar-refractivity contribution >= 4 is 12.0 Å². The fraction of sp³-hybridized carbons (Fsp3) is 0.0714. The minimum absolute atomic E-state index is 0.0662. The van der Waals surface area contributed by atoms with E-state index in [0.29, 0.717) is 6.54 Å². The van der Waals surface area contributed by atoms with Gasteiger partial charge in [0.15, 0.2) is 0 Å². The van der Waals surface area contributed by atoms with Crippen LogP contribution in [0.4, 0.5) is 0 Å². The summed E-state index contributed by atoms with van der Waals surface area (Å²) in [6.45, 7) is 0.366. The standard InChI is InChI=1S/C14H12N4O/c15-9-12(8-13-2-1-5-17-13)14(19)18-10-11-3-6-16-7-4-11/h1-8,17H,10H2,(H,18,19). The molecular weight excluding hydrogens is 240 g/mol. The van der Waals surface area contributed by atoms with Gasteiger partial charge in [-0.1, -0.05) is 0 Å². The molecule has 2 rings (SSSR count). The molecule has 0 atom stereocenters. The fourth-order valence-corrected chi connectivity index (χ4v) is 1.52. The average Bonchev–Trinajstić information content (AvgIpc) is 2.96. The second kappa shape index (κ2) is 6.17. The molecule has 0 saturated heterocycles. The van der Waals surface area contributed by atoms with Crippen LogP contribution in [0.25, 0.3) is 6.08 Å². The number of carbonyl (C=O) groups excluding carboxylic acids is 1. The first-order valence-corrected chi connectivity index (χ1v) is 5.72. The molecule has 5 nitrogen and oxygen atoms in total. The van der Waals surface area contributed by atoms with Crippen molar-refractivity contribution in [1.82, 2.24) is 15.3 Å². The SMILES string of the molecule is N#CC(=Cc1ccc[nH]1)C(=O)NCc1ccncc1. The van der Waals surface area contributed by atoms with Crippen LogP contribution in [0.15, 0.2) is 48.4 Å². The maximum Gasteiger partial charge on any atom is 0.262 e. The van der Waals surface area contributed by atoms with E-state index in [1.807, 2.05) is 6.07 Å². The first-order valence-electron chi connectivity index (χ1n) is 5.72. The van der Waals surface area contributed by atoms with Crippen molar-refractivity contribution in [3.05, 3.63) is 59.7 Å². The van der Waals surface area contributed by atoms with E-state index in [4.69, 9.17) is 5.26 Å². The lowest BCUT2D eigenvalue weighted by Gasteiger charge is -2.03. The molecule has 2 heterocycles. The molecule has 2 N–H and O–H groups in total. The van der Waals surface area contributed by atoms with Gasteiger partial charge in [-0.15, -0.1) is 0 Å². The van der Waals surface area contributed by atoms with Gasteiger partial charge in [0.05, 0.1) is 0 Å². The number of aromatic nitrogens is 2. The summed E-state index contributed by atoms with van der Waals surface area (Å²) in [6, 6.07) is 9.09. The highest BCUT2D eigenvalue weighted by atomic mass is 16.1. The zero-order valence-corrected chi connectivity index (χ0v) is 10.1. The molecule has 2 aromatic heterocycles. The van der Waals surface area contributed by atoms with E-state index in [1.165, 1.54) is 6.08 Å². The number of aromatic amines is 1. The highest BCUT2D eigenvalue weighted by Crippen LogP contribution is 2.04. The molecule has 0 saturated carbocycles. The normalized spacial score (nSPS) is 10.8. The lowest BCUT2D eigenvalue weighted by atomic mass is 10.2. The minimum atomic E-state index is -0.395. The number of H-pyrrole nitrogens is 1. The number of hydrogen-bond donors (Lipinski definition) is 2. The number of nitriles is 1.